The summed E-state index contributed by atoms with van der Waals surface area (Å²) in [5.41, 5.74) is 0. The Morgan fingerprint density at radius 2 is 1.61 bits per heavy atom. The highest BCUT2D eigenvalue weighted by molar-refractivity contribution is 7.89. The lowest BCUT2D eigenvalue weighted by Gasteiger charge is -2.32. The molecule has 173 valence electrons. The van der Waals surface area contributed by atoms with Crippen molar-refractivity contribution in [3.63, 3.8) is 0 Å². The molecule has 2 aliphatic rings. The van der Waals surface area contributed by atoms with Crippen LogP contribution in [0.3, 0.4) is 0 Å². The minimum absolute atomic E-state index is 0. The van der Waals surface area contributed by atoms with Crippen LogP contribution in [0, 0.1) is 32.6 Å². The van der Waals surface area contributed by atoms with Gasteiger partial charge in [0.05, 0.1) is 10.9 Å². The van der Waals surface area contributed by atoms with Crippen molar-refractivity contribution >= 4 is 16.1 Å². The van der Waals surface area contributed by atoms with E-state index in [9.17, 15) is 17.6 Å². The van der Waals surface area contributed by atoms with Crippen LogP contribution < -0.4 is 10.6 Å². The molecule has 3 rings (SSSR count). The van der Waals surface area contributed by atoms with Crippen LogP contribution in [-0.4, -0.2) is 38.4 Å². The van der Waals surface area contributed by atoms with E-state index in [0.717, 1.165) is 56.7 Å². The number of piperidine rings is 1. The Bertz CT molecular complexity index is 763. The van der Waals surface area contributed by atoms with Gasteiger partial charge in [0.1, 0.15) is 5.82 Å². The zero-order valence-corrected chi connectivity index (χ0v) is 19.1. The number of benzene rings is 1. The van der Waals surface area contributed by atoms with Crippen LogP contribution in [-0.2, 0) is 10.0 Å². The summed E-state index contributed by atoms with van der Waals surface area (Å²) in [5.74, 6) is -0.398. The Hall–Kier alpha value is -1.67. The van der Waals surface area contributed by atoms with E-state index in [4.69, 9.17) is 0 Å². The summed E-state index contributed by atoms with van der Waals surface area (Å²) in [7, 11) is -3.65. The van der Waals surface area contributed by atoms with E-state index in [1.54, 1.807) is 0 Å². The summed E-state index contributed by atoms with van der Waals surface area (Å²) in [6.45, 7) is 1.24. The van der Waals surface area contributed by atoms with Crippen molar-refractivity contribution in [3.05, 3.63) is 51.0 Å². The second-order valence-electron chi connectivity index (χ2n) is 8.03. The van der Waals surface area contributed by atoms with Gasteiger partial charge in [-0.25, -0.2) is 17.6 Å². The van der Waals surface area contributed by atoms with Gasteiger partial charge < -0.3 is 10.6 Å². The fourth-order valence-electron chi connectivity index (χ4n) is 4.07. The van der Waals surface area contributed by atoms with Crippen molar-refractivity contribution < 1.29 is 17.6 Å². The summed E-state index contributed by atoms with van der Waals surface area (Å²) in [4.78, 5) is 12.4. The minimum Gasteiger partial charge on any atom is -0.338 e. The lowest BCUT2D eigenvalue weighted by atomic mass is 9.97. The monoisotopic (exact) mass is 452 g/mol. The molecule has 1 atom stereocenters. The van der Waals surface area contributed by atoms with Gasteiger partial charge in [0.15, 0.2) is 0 Å². The summed E-state index contributed by atoms with van der Waals surface area (Å²) in [5, 5.41) is 5.91. The van der Waals surface area contributed by atoms with Crippen molar-refractivity contribution in [1.82, 2.24) is 14.9 Å². The molecule has 1 unspecified atom stereocenters. The van der Waals surface area contributed by atoms with E-state index >= 15 is 0 Å². The predicted octanol–water partition coefficient (Wildman–Crippen LogP) is 4.46. The molecule has 1 heterocycles. The molecule has 31 heavy (non-hydrogen) atoms. The number of rotatable bonds is 5. The van der Waals surface area contributed by atoms with Crippen LogP contribution in [0.2, 0.25) is 0 Å². The molecule has 1 saturated heterocycles. The fraction of sp³-hybridized carbons (Fsp3) is 0.565. The number of hydrogen-bond acceptors (Lipinski definition) is 3. The van der Waals surface area contributed by atoms with Crippen molar-refractivity contribution in [2.45, 2.75) is 62.7 Å². The molecule has 2 N–H and O–H groups in total. The molecule has 2 amide bonds. The molecule has 1 saturated carbocycles. The highest BCUT2D eigenvalue weighted by Crippen LogP contribution is 2.24. The molecular formula is C23H35FN3O3S. The topological polar surface area (TPSA) is 78.5 Å². The molecule has 0 bridgehead atoms. The van der Waals surface area contributed by atoms with Gasteiger partial charge in [0.25, 0.3) is 0 Å². The van der Waals surface area contributed by atoms with Gasteiger partial charge in [0.2, 0.25) is 10.0 Å². The summed E-state index contributed by atoms with van der Waals surface area (Å²) >= 11 is 0. The average Bonchev–Trinajstić information content (AvgIpc) is 2.69. The van der Waals surface area contributed by atoms with E-state index in [1.807, 2.05) is 0 Å². The van der Waals surface area contributed by atoms with Crippen LogP contribution in [0.5, 0.6) is 0 Å². The van der Waals surface area contributed by atoms with E-state index in [0.29, 0.717) is 19.6 Å². The first-order valence-corrected chi connectivity index (χ1v) is 12.0. The third-order valence-electron chi connectivity index (χ3n) is 5.73. The number of carbonyl (C=O) groups excluding carboxylic acids is 1. The molecular weight excluding hydrogens is 417 g/mol. The van der Waals surface area contributed by atoms with Crippen LogP contribution in [0.4, 0.5) is 9.18 Å². The SMILES string of the molecule is O=C(NCC1CCCN(S(=O)(=O)c2ccc(F)cc2)C1)N[C]1CCCCCCC1.[CH2].[CH2]. The van der Waals surface area contributed by atoms with Crippen molar-refractivity contribution in [3.8, 4) is 0 Å². The highest BCUT2D eigenvalue weighted by Gasteiger charge is 2.30. The standard InChI is InChI=1S/C21H31FN3O3S.2CH2/c22-18-10-12-20(13-11-18)29(27,28)25-14-6-7-17(16-25)15-23-21(26)24-19-8-4-2-1-3-5-9-19;;/h10-13,17H,1-9,14-16H2,(H2,23,24,26);2*1H2. The largest absolute Gasteiger partial charge is 0.338 e. The second-order valence-corrected chi connectivity index (χ2v) is 9.97. The Balaban J connectivity index is 0.00000240. The number of nitrogens with zero attached hydrogens (tertiary/aromatic N) is 1. The van der Waals surface area contributed by atoms with Crippen molar-refractivity contribution in [2.75, 3.05) is 19.6 Å². The summed E-state index contributed by atoms with van der Waals surface area (Å²) in [6.07, 6.45) is 9.45. The van der Waals surface area contributed by atoms with Crippen LogP contribution in [0.25, 0.3) is 0 Å². The van der Waals surface area contributed by atoms with Crippen LogP contribution in [0.15, 0.2) is 29.2 Å². The Kier molecular flexibility index (Phi) is 11.5. The predicted molar refractivity (Wildman–Crippen MR) is 121 cm³/mol. The Labute approximate surface area is 188 Å². The molecule has 5 radical (unpaired) electrons. The number of carbonyl (C=O) groups is 1. The maximum Gasteiger partial charge on any atom is 0.315 e. The van der Waals surface area contributed by atoms with E-state index < -0.39 is 15.8 Å². The van der Waals surface area contributed by atoms with Gasteiger partial charge >= 0.3 is 6.03 Å². The number of nitrogens with one attached hydrogen (secondary N) is 2. The summed E-state index contributed by atoms with van der Waals surface area (Å²) in [6, 6.07) is 5.82. The van der Waals surface area contributed by atoms with Gasteiger partial charge in [-0.2, -0.15) is 4.31 Å². The smallest absolute Gasteiger partial charge is 0.315 e. The molecule has 1 aliphatic carbocycles. The molecule has 2 fully saturated rings. The van der Waals surface area contributed by atoms with E-state index in [-0.39, 0.29) is 31.7 Å². The van der Waals surface area contributed by atoms with E-state index in [1.165, 1.54) is 35.7 Å². The first-order valence-electron chi connectivity index (χ1n) is 10.6. The number of sulfonamides is 1. The normalized spacial score (nSPS) is 21.0. The maximum atomic E-state index is 13.1. The first-order chi connectivity index (χ1) is 13.9. The third kappa shape index (κ3) is 8.07. The number of urea groups is 1. The summed E-state index contributed by atoms with van der Waals surface area (Å²) < 4.78 is 40.2. The van der Waals surface area contributed by atoms with Gasteiger partial charge in [-0.1, -0.05) is 47.0 Å². The first kappa shape index (κ1) is 27.4. The molecule has 1 aliphatic heterocycles. The van der Waals surface area contributed by atoms with E-state index in [2.05, 4.69) is 10.6 Å². The molecule has 8 heteroatoms. The molecule has 0 aromatic heterocycles. The van der Waals surface area contributed by atoms with Gasteiger partial charge in [-0.3, -0.25) is 0 Å². The quantitative estimate of drug-likeness (QED) is 0.692. The maximum absolute atomic E-state index is 13.1. The minimum atomic E-state index is -3.65. The lowest BCUT2D eigenvalue weighted by Crippen LogP contribution is -2.46. The zero-order chi connectivity index (χ0) is 20.7. The van der Waals surface area contributed by atoms with Gasteiger partial charge in [-0.05, 0) is 55.9 Å². The second kappa shape index (κ2) is 13.0. The third-order valence-corrected chi connectivity index (χ3v) is 7.61. The van der Waals surface area contributed by atoms with Gasteiger partial charge in [0, 0.05) is 19.6 Å². The number of amides is 2. The lowest BCUT2D eigenvalue weighted by molar-refractivity contribution is 0.229. The average molecular weight is 453 g/mol. The Morgan fingerprint density at radius 1 is 1.00 bits per heavy atom. The number of hydrogen-bond donors (Lipinski definition) is 2. The molecule has 1 aromatic carbocycles. The fourth-order valence-corrected chi connectivity index (χ4v) is 5.62. The number of halogens is 1. The Morgan fingerprint density at radius 3 is 2.26 bits per heavy atom. The molecule has 6 nitrogen and oxygen atoms in total. The van der Waals surface area contributed by atoms with Crippen molar-refractivity contribution in [1.29, 1.82) is 0 Å². The van der Waals surface area contributed by atoms with Gasteiger partial charge in [-0.15, -0.1) is 0 Å². The van der Waals surface area contributed by atoms with Crippen LogP contribution in [0.1, 0.15) is 57.8 Å². The highest BCUT2D eigenvalue weighted by atomic mass is 32.2. The molecule has 0 spiro atoms. The molecule has 1 aromatic rings. The van der Waals surface area contributed by atoms with Crippen molar-refractivity contribution in [2.24, 2.45) is 5.92 Å². The van der Waals surface area contributed by atoms with Crippen LogP contribution >= 0.6 is 0 Å². The zero-order valence-electron chi connectivity index (χ0n) is 18.2.